The van der Waals surface area contributed by atoms with Crippen molar-refractivity contribution >= 4 is 23.4 Å². The Labute approximate surface area is 141 Å². The van der Waals surface area contributed by atoms with Gasteiger partial charge in [0.2, 0.25) is 0 Å². The van der Waals surface area contributed by atoms with Gasteiger partial charge >= 0.3 is 0 Å². The van der Waals surface area contributed by atoms with E-state index in [1.807, 2.05) is 17.8 Å². The molecule has 2 atom stereocenters. The van der Waals surface area contributed by atoms with E-state index in [1.165, 1.54) is 18.9 Å². The molecule has 0 aliphatic heterocycles. The maximum atomic E-state index is 10.8. The minimum Gasteiger partial charge on any atom is -0.354 e. The van der Waals surface area contributed by atoms with Crippen molar-refractivity contribution in [2.24, 2.45) is 4.99 Å². The number of non-ortho nitro benzene ring substituents is 1. The summed E-state index contributed by atoms with van der Waals surface area (Å²) in [5.41, 5.74) is 0.982. The van der Waals surface area contributed by atoms with Crippen LogP contribution in [0.15, 0.2) is 29.3 Å². The number of nitrogens with zero attached hydrogens (tertiary/aromatic N) is 2. The van der Waals surface area contributed by atoms with Gasteiger partial charge in [0.05, 0.1) is 4.92 Å². The van der Waals surface area contributed by atoms with Crippen molar-refractivity contribution in [2.45, 2.75) is 43.5 Å². The van der Waals surface area contributed by atoms with Gasteiger partial charge in [-0.15, -0.1) is 0 Å². The molecule has 0 spiro atoms. The van der Waals surface area contributed by atoms with Crippen LogP contribution in [0.1, 0.15) is 31.2 Å². The van der Waals surface area contributed by atoms with Gasteiger partial charge in [0.25, 0.3) is 5.69 Å². The number of nitro benzene ring substituents is 1. The number of hydrogen-bond donors (Lipinski definition) is 2. The first-order valence-corrected chi connectivity index (χ1v) is 9.14. The van der Waals surface area contributed by atoms with E-state index in [2.05, 4.69) is 21.9 Å². The molecule has 2 rings (SSSR count). The van der Waals surface area contributed by atoms with Crippen LogP contribution < -0.4 is 10.6 Å². The predicted octanol–water partition coefficient (Wildman–Crippen LogP) is 2.93. The molecule has 6 nitrogen and oxygen atoms in total. The zero-order valence-electron chi connectivity index (χ0n) is 13.6. The zero-order chi connectivity index (χ0) is 16.7. The number of guanidine groups is 1. The van der Waals surface area contributed by atoms with E-state index in [4.69, 9.17) is 0 Å². The normalized spacial score (nSPS) is 21.7. The van der Waals surface area contributed by atoms with Gasteiger partial charge in [-0.25, -0.2) is 0 Å². The number of hydrogen-bond acceptors (Lipinski definition) is 4. The Morgan fingerprint density at radius 2 is 2.30 bits per heavy atom. The monoisotopic (exact) mass is 336 g/mol. The molecule has 1 saturated carbocycles. The SMILES string of the molecule is CN=C(NCc1cccc([N+](=O)[O-])c1)NC1CCCC(SC)C1. The lowest BCUT2D eigenvalue weighted by Crippen LogP contribution is -2.45. The standard InChI is InChI=1S/C16H24N4O2S/c1-17-16(19-13-6-4-8-15(10-13)23-2)18-11-12-5-3-7-14(9-12)20(21)22/h3,5,7,9,13,15H,4,6,8,10-11H2,1-2H3,(H2,17,18,19). The summed E-state index contributed by atoms with van der Waals surface area (Å²) in [6.07, 6.45) is 7.01. The number of nitro groups is 1. The summed E-state index contributed by atoms with van der Waals surface area (Å²) in [4.78, 5) is 14.7. The van der Waals surface area contributed by atoms with Crippen molar-refractivity contribution in [2.75, 3.05) is 13.3 Å². The summed E-state index contributed by atoms with van der Waals surface area (Å²) >= 11 is 1.93. The van der Waals surface area contributed by atoms with Crippen LogP contribution in [0.3, 0.4) is 0 Å². The zero-order valence-corrected chi connectivity index (χ0v) is 14.4. The Bertz CT molecular complexity index is 565. The van der Waals surface area contributed by atoms with Crippen molar-refractivity contribution in [1.82, 2.24) is 10.6 Å². The summed E-state index contributed by atoms with van der Waals surface area (Å²) < 4.78 is 0. The average molecular weight is 336 g/mol. The molecule has 0 aromatic heterocycles. The maximum absolute atomic E-state index is 10.8. The van der Waals surface area contributed by atoms with Crippen molar-refractivity contribution in [3.8, 4) is 0 Å². The number of aliphatic imine (C=N–C) groups is 1. The highest BCUT2D eigenvalue weighted by Gasteiger charge is 2.21. The van der Waals surface area contributed by atoms with Crippen LogP contribution in [-0.4, -0.2) is 35.5 Å². The minimum atomic E-state index is -0.374. The largest absolute Gasteiger partial charge is 0.354 e. The average Bonchev–Trinajstić information content (AvgIpc) is 2.59. The van der Waals surface area contributed by atoms with Crippen molar-refractivity contribution < 1.29 is 4.92 Å². The fourth-order valence-corrected chi connectivity index (χ4v) is 3.67. The summed E-state index contributed by atoms with van der Waals surface area (Å²) in [6.45, 7) is 0.514. The van der Waals surface area contributed by atoms with Gasteiger partial charge in [-0.3, -0.25) is 15.1 Å². The molecular weight excluding hydrogens is 312 g/mol. The fraction of sp³-hybridized carbons (Fsp3) is 0.562. The molecule has 23 heavy (non-hydrogen) atoms. The number of rotatable bonds is 5. The minimum absolute atomic E-state index is 0.113. The van der Waals surface area contributed by atoms with Gasteiger partial charge in [0.15, 0.2) is 5.96 Å². The highest BCUT2D eigenvalue weighted by molar-refractivity contribution is 7.99. The first-order chi connectivity index (χ1) is 11.1. The molecule has 2 N–H and O–H groups in total. The molecule has 0 saturated heterocycles. The topological polar surface area (TPSA) is 79.6 Å². The Balaban J connectivity index is 1.88. The van der Waals surface area contributed by atoms with Crippen molar-refractivity contribution in [3.63, 3.8) is 0 Å². The Morgan fingerprint density at radius 3 is 3.00 bits per heavy atom. The third-order valence-corrected chi connectivity index (χ3v) is 5.20. The van der Waals surface area contributed by atoms with Gasteiger partial charge in [-0.05, 0) is 31.1 Å². The maximum Gasteiger partial charge on any atom is 0.269 e. The van der Waals surface area contributed by atoms with Gasteiger partial charge in [-0.2, -0.15) is 11.8 Å². The van der Waals surface area contributed by atoms with Crippen LogP contribution in [-0.2, 0) is 6.54 Å². The van der Waals surface area contributed by atoms with E-state index in [0.29, 0.717) is 12.6 Å². The van der Waals surface area contributed by atoms with E-state index in [1.54, 1.807) is 19.2 Å². The van der Waals surface area contributed by atoms with Crippen LogP contribution in [0.5, 0.6) is 0 Å². The highest BCUT2D eigenvalue weighted by Crippen LogP contribution is 2.26. The molecule has 1 aromatic rings. The van der Waals surface area contributed by atoms with E-state index < -0.39 is 0 Å². The highest BCUT2D eigenvalue weighted by atomic mass is 32.2. The van der Waals surface area contributed by atoms with E-state index >= 15 is 0 Å². The summed E-state index contributed by atoms with van der Waals surface area (Å²) in [5, 5.41) is 18.2. The second kappa shape index (κ2) is 8.76. The Morgan fingerprint density at radius 1 is 1.48 bits per heavy atom. The molecule has 0 heterocycles. The van der Waals surface area contributed by atoms with Gasteiger partial charge in [0.1, 0.15) is 0 Å². The van der Waals surface area contributed by atoms with Gasteiger partial charge in [-0.1, -0.05) is 18.6 Å². The van der Waals surface area contributed by atoms with E-state index in [-0.39, 0.29) is 10.6 Å². The van der Waals surface area contributed by atoms with Gasteiger partial charge in [0, 0.05) is 37.0 Å². The summed E-state index contributed by atoms with van der Waals surface area (Å²) in [6, 6.07) is 7.11. The molecule has 1 aliphatic carbocycles. The Hall–Kier alpha value is -1.76. The first-order valence-electron chi connectivity index (χ1n) is 7.85. The smallest absolute Gasteiger partial charge is 0.269 e. The van der Waals surface area contributed by atoms with E-state index in [9.17, 15) is 10.1 Å². The number of nitrogens with one attached hydrogen (secondary N) is 2. The lowest BCUT2D eigenvalue weighted by Gasteiger charge is -2.29. The second-order valence-electron chi connectivity index (χ2n) is 5.72. The lowest BCUT2D eigenvalue weighted by molar-refractivity contribution is -0.384. The van der Waals surface area contributed by atoms with Gasteiger partial charge < -0.3 is 10.6 Å². The fourth-order valence-electron chi connectivity index (χ4n) is 2.84. The quantitative estimate of drug-likeness (QED) is 0.374. The molecule has 126 valence electrons. The molecule has 1 aliphatic rings. The van der Waals surface area contributed by atoms with Crippen LogP contribution in [0, 0.1) is 10.1 Å². The van der Waals surface area contributed by atoms with Crippen molar-refractivity contribution in [3.05, 3.63) is 39.9 Å². The molecule has 1 fully saturated rings. The van der Waals surface area contributed by atoms with Crippen LogP contribution >= 0.6 is 11.8 Å². The van der Waals surface area contributed by atoms with Crippen LogP contribution in [0.25, 0.3) is 0 Å². The third kappa shape index (κ3) is 5.42. The molecule has 1 aromatic carbocycles. The summed E-state index contributed by atoms with van der Waals surface area (Å²) in [5.74, 6) is 0.753. The second-order valence-corrected chi connectivity index (χ2v) is 6.86. The third-order valence-electron chi connectivity index (χ3n) is 4.11. The summed E-state index contributed by atoms with van der Waals surface area (Å²) in [7, 11) is 1.75. The Kier molecular flexibility index (Phi) is 6.70. The molecule has 2 unspecified atom stereocenters. The molecule has 0 bridgehead atoms. The number of benzene rings is 1. The predicted molar refractivity (Wildman–Crippen MR) is 96.0 cm³/mol. The molecule has 0 radical (unpaired) electrons. The number of thioether (sulfide) groups is 1. The first kappa shape index (κ1) is 17.6. The molecule has 7 heteroatoms. The van der Waals surface area contributed by atoms with Crippen LogP contribution in [0.4, 0.5) is 5.69 Å². The molecular formula is C16H24N4O2S. The lowest BCUT2D eigenvalue weighted by atomic mass is 9.95. The van der Waals surface area contributed by atoms with E-state index in [0.717, 1.165) is 29.6 Å². The van der Waals surface area contributed by atoms with Crippen LogP contribution in [0.2, 0.25) is 0 Å². The van der Waals surface area contributed by atoms with Crippen molar-refractivity contribution in [1.29, 1.82) is 0 Å². The molecule has 0 amide bonds.